The van der Waals surface area contributed by atoms with Crippen LogP contribution in [0.5, 0.6) is 0 Å². The summed E-state index contributed by atoms with van der Waals surface area (Å²) in [5.41, 5.74) is 7.80. The van der Waals surface area contributed by atoms with Crippen LogP contribution in [0.2, 0.25) is 0 Å². The number of methoxy groups -OCH3 is 1. The second-order valence-electron chi connectivity index (χ2n) is 5.99. The van der Waals surface area contributed by atoms with E-state index < -0.39 is 80.0 Å². The predicted octanol–water partition coefficient (Wildman–Crippen LogP) is -5.93. The normalized spacial score (nSPS) is 29.0. The van der Waals surface area contributed by atoms with E-state index >= 15 is 0 Å². The number of esters is 1. The molecule has 9 N–H and O–H groups in total. The average molecular weight is 422 g/mol. The van der Waals surface area contributed by atoms with Gasteiger partial charge in [-0.1, -0.05) is 0 Å². The van der Waals surface area contributed by atoms with Crippen LogP contribution in [0.25, 0.3) is 0 Å². The standard InChI is InChI=1S/C15H26N4O10/c1-27-15(8(21)4-18-9(22)2-16)13(12(25)7(6-20)28-14(15)26)29-11(24)5-19-10(23)3-17/h7,12-14,20,25-26H,2-6,16-17H2,1H3,(H,18,22)(H,19,23)/t7-,12-,13+,14+,15-/m1/s1. The molecule has 2 amide bonds. The second kappa shape index (κ2) is 11.1. The van der Waals surface area contributed by atoms with E-state index in [0.717, 1.165) is 7.11 Å². The minimum Gasteiger partial charge on any atom is -0.454 e. The van der Waals surface area contributed by atoms with Crippen molar-refractivity contribution in [2.45, 2.75) is 30.2 Å². The predicted molar refractivity (Wildman–Crippen MR) is 92.7 cm³/mol. The molecular formula is C15H26N4O10. The number of aliphatic hydroxyl groups excluding tert-OH is 3. The Hall–Kier alpha value is -2.20. The fourth-order valence-corrected chi connectivity index (χ4v) is 2.69. The van der Waals surface area contributed by atoms with E-state index in [9.17, 15) is 34.5 Å². The fourth-order valence-electron chi connectivity index (χ4n) is 2.69. The van der Waals surface area contributed by atoms with Gasteiger partial charge in [0.25, 0.3) is 0 Å². The van der Waals surface area contributed by atoms with E-state index in [1.54, 1.807) is 0 Å². The lowest BCUT2D eigenvalue weighted by Gasteiger charge is -2.48. The minimum atomic E-state index is -2.44. The van der Waals surface area contributed by atoms with Gasteiger partial charge in [-0.2, -0.15) is 0 Å². The third-order valence-electron chi connectivity index (χ3n) is 4.24. The van der Waals surface area contributed by atoms with Crippen molar-refractivity contribution in [1.29, 1.82) is 0 Å². The second-order valence-corrected chi connectivity index (χ2v) is 5.99. The van der Waals surface area contributed by atoms with Crippen molar-refractivity contribution in [1.82, 2.24) is 10.6 Å². The van der Waals surface area contributed by atoms with E-state index in [4.69, 9.17) is 25.7 Å². The number of hydrogen-bond acceptors (Lipinski definition) is 12. The minimum absolute atomic E-state index is 0.389. The molecule has 1 rings (SSSR count). The number of nitrogens with two attached hydrogens (primary N) is 2. The quantitative estimate of drug-likeness (QED) is 0.163. The SMILES string of the molecule is CO[C@@]1(C(=O)CNC(=O)CN)[C@@H](O)O[C@H](CO)[C@@H](O)[C@@H]1OC(=O)CNC(=O)CN. The van der Waals surface area contributed by atoms with Gasteiger partial charge in [-0.15, -0.1) is 0 Å². The summed E-state index contributed by atoms with van der Waals surface area (Å²) in [6, 6.07) is 0. The molecule has 14 heteroatoms. The van der Waals surface area contributed by atoms with E-state index in [-0.39, 0.29) is 6.54 Å². The lowest BCUT2D eigenvalue weighted by atomic mass is 9.82. The van der Waals surface area contributed by atoms with Crippen LogP contribution in [0.3, 0.4) is 0 Å². The zero-order chi connectivity index (χ0) is 22.2. The van der Waals surface area contributed by atoms with E-state index in [1.807, 2.05) is 0 Å². The van der Waals surface area contributed by atoms with Crippen molar-refractivity contribution in [3.8, 4) is 0 Å². The van der Waals surface area contributed by atoms with Gasteiger partial charge in [0.05, 0.1) is 26.2 Å². The van der Waals surface area contributed by atoms with Crippen molar-refractivity contribution < 1.29 is 48.7 Å². The molecule has 1 fully saturated rings. The van der Waals surface area contributed by atoms with Crippen molar-refractivity contribution in [3.63, 3.8) is 0 Å². The summed E-state index contributed by atoms with van der Waals surface area (Å²) < 4.78 is 15.2. The van der Waals surface area contributed by atoms with Crippen LogP contribution >= 0.6 is 0 Å². The summed E-state index contributed by atoms with van der Waals surface area (Å²) in [6.45, 7) is -2.94. The van der Waals surface area contributed by atoms with Gasteiger partial charge in [-0.25, -0.2) is 0 Å². The van der Waals surface area contributed by atoms with Gasteiger partial charge < -0.3 is 51.6 Å². The van der Waals surface area contributed by atoms with Crippen LogP contribution < -0.4 is 22.1 Å². The number of Topliss-reactive ketones (excluding diaryl/α,β-unsaturated/α-hetero) is 1. The maximum atomic E-state index is 12.8. The Bertz CT molecular complexity index is 618. The summed E-state index contributed by atoms with van der Waals surface area (Å²) in [7, 11) is 0.984. The van der Waals surface area contributed by atoms with Crippen molar-refractivity contribution >= 4 is 23.6 Å². The van der Waals surface area contributed by atoms with Gasteiger partial charge in [0.2, 0.25) is 17.4 Å². The summed E-state index contributed by atoms with van der Waals surface area (Å²) in [5.74, 6) is -3.46. The fraction of sp³-hybridized carbons (Fsp3) is 0.733. The highest BCUT2D eigenvalue weighted by Crippen LogP contribution is 2.34. The molecule has 166 valence electrons. The summed E-state index contributed by atoms with van der Waals surface area (Å²) in [5, 5.41) is 34.4. The maximum absolute atomic E-state index is 12.8. The topological polar surface area (TPSA) is 233 Å². The number of carbonyl (C=O) groups excluding carboxylic acids is 4. The Morgan fingerprint density at radius 1 is 1.07 bits per heavy atom. The molecular weight excluding hydrogens is 396 g/mol. The highest BCUT2D eigenvalue weighted by atomic mass is 16.7. The van der Waals surface area contributed by atoms with E-state index in [1.165, 1.54) is 0 Å². The number of amides is 2. The molecule has 1 aliphatic heterocycles. The lowest BCUT2D eigenvalue weighted by Crippen LogP contribution is -2.72. The number of carbonyl (C=O) groups is 4. The smallest absolute Gasteiger partial charge is 0.325 e. The summed E-state index contributed by atoms with van der Waals surface area (Å²) >= 11 is 0. The molecule has 5 atom stereocenters. The van der Waals surface area contributed by atoms with Crippen LogP contribution in [0.1, 0.15) is 0 Å². The van der Waals surface area contributed by atoms with Gasteiger partial charge in [-0.05, 0) is 0 Å². The first-order chi connectivity index (χ1) is 13.7. The summed E-state index contributed by atoms with van der Waals surface area (Å²) in [4.78, 5) is 47.4. The average Bonchev–Trinajstić information content (AvgIpc) is 2.72. The molecule has 0 saturated carbocycles. The Labute approximate surface area is 165 Å². The Morgan fingerprint density at radius 2 is 1.62 bits per heavy atom. The van der Waals surface area contributed by atoms with Crippen LogP contribution in [0, 0.1) is 0 Å². The molecule has 0 unspecified atom stereocenters. The third kappa shape index (κ3) is 5.66. The first-order valence-electron chi connectivity index (χ1n) is 8.51. The highest BCUT2D eigenvalue weighted by Gasteiger charge is 2.62. The molecule has 0 aliphatic carbocycles. The van der Waals surface area contributed by atoms with Crippen molar-refractivity contribution in [2.75, 3.05) is 39.9 Å². The number of ketones is 1. The number of nitrogens with one attached hydrogen (secondary N) is 2. The molecule has 14 nitrogen and oxygen atoms in total. The maximum Gasteiger partial charge on any atom is 0.325 e. The Kier molecular flexibility index (Phi) is 9.51. The van der Waals surface area contributed by atoms with Crippen LogP contribution in [0.15, 0.2) is 0 Å². The lowest BCUT2D eigenvalue weighted by molar-refractivity contribution is -0.324. The number of rotatable bonds is 10. The molecule has 0 aromatic carbocycles. The highest BCUT2D eigenvalue weighted by molar-refractivity contribution is 5.94. The van der Waals surface area contributed by atoms with E-state index in [0.29, 0.717) is 0 Å². The largest absolute Gasteiger partial charge is 0.454 e. The third-order valence-corrected chi connectivity index (χ3v) is 4.24. The van der Waals surface area contributed by atoms with Crippen molar-refractivity contribution in [2.24, 2.45) is 11.5 Å². The molecule has 0 radical (unpaired) electrons. The van der Waals surface area contributed by atoms with Crippen LogP contribution in [-0.2, 0) is 33.4 Å². The zero-order valence-electron chi connectivity index (χ0n) is 15.7. The first-order valence-corrected chi connectivity index (χ1v) is 8.51. The molecule has 1 saturated heterocycles. The Morgan fingerprint density at radius 3 is 2.10 bits per heavy atom. The number of ether oxygens (including phenoxy) is 3. The molecule has 1 aliphatic rings. The summed E-state index contributed by atoms with van der Waals surface area (Å²) in [6.07, 6.45) is -7.15. The van der Waals surface area contributed by atoms with Crippen molar-refractivity contribution in [3.05, 3.63) is 0 Å². The molecule has 1 heterocycles. The Balaban J connectivity index is 3.14. The van der Waals surface area contributed by atoms with Gasteiger partial charge in [0.15, 0.2) is 18.2 Å². The van der Waals surface area contributed by atoms with Gasteiger partial charge in [0, 0.05) is 7.11 Å². The van der Waals surface area contributed by atoms with Crippen LogP contribution in [-0.4, -0.2) is 109 Å². The molecule has 29 heavy (non-hydrogen) atoms. The molecule has 0 spiro atoms. The van der Waals surface area contributed by atoms with Gasteiger partial charge in [0.1, 0.15) is 18.8 Å². The van der Waals surface area contributed by atoms with Gasteiger partial charge in [-0.3, -0.25) is 19.2 Å². The molecule has 0 bridgehead atoms. The monoisotopic (exact) mass is 422 g/mol. The van der Waals surface area contributed by atoms with E-state index in [2.05, 4.69) is 10.6 Å². The number of hydrogen-bond donors (Lipinski definition) is 7. The molecule has 0 aromatic rings. The zero-order valence-corrected chi connectivity index (χ0v) is 15.7. The number of aliphatic hydroxyl groups is 3. The van der Waals surface area contributed by atoms with Gasteiger partial charge >= 0.3 is 5.97 Å². The molecule has 0 aromatic heterocycles. The first kappa shape index (κ1) is 24.8. The van der Waals surface area contributed by atoms with Crippen LogP contribution in [0.4, 0.5) is 0 Å².